The number of aliphatic hydroxyl groups excluding tert-OH is 1. The van der Waals surface area contributed by atoms with E-state index in [2.05, 4.69) is 20.8 Å². The van der Waals surface area contributed by atoms with Gasteiger partial charge in [0.2, 0.25) is 0 Å². The SMILES string of the molecule is CC(C)CCCOCCO.[CH2-]C(=O)C(C)C.[Y]. The largest absolute Gasteiger partial charge is 0.394 e. The Labute approximate surface area is 132 Å². The van der Waals surface area contributed by atoms with Gasteiger partial charge in [-0.15, -0.1) is 0 Å². The number of hydrogen-bond acceptors (Lipinski definition) is 3. The van der Waals surface area contributed by atoms with Crippen molar-refractivity contribution >= 4 is 5.78 Å². The second kappa shape index (κ2) is 16.6. The molecule has 0 aliphatic carbocycles. The minimum absolute atomic E-state index is 0. The predicted molar refractivity (Wildman–Crippen MR) is 67.2 cm³/mol. The molecule has 17 heavy (non-hydrogen) atoms. The predicted octanol–water partition coefficient (Wildman–Crippen LogP) is 2.47. The molecule has 0 aromatic carbocycles. The molecule has 0 saturated heterocycles. The van der Waals surface area contributed by atoms with Gasteiger partial charge in [-0.2, -0.15) is 0 Å². The Bertz CT molecular complexity index is 159. The quantitative estimate of drug-likeness (QED) is 0.579. The van der Waals surface area contributed by atoms with Crippen LogP contribution in [0.1, 0.15) is 40.5 Å². The first kappa shape index (κ1) is 22.7. The molecule has 0 aromatic rings. The van der Waals surface area contributed by atoms with Gasteiger partial charge in [-0.1, -0.05) is 27.7 Å². The van der Waals surface area contributed by atoms with E-state index in [0.717, 1.165) is 18.9 Å². The maximum Gasteiger partial charge on any atom is 0.0697 e. The van der Waals surface area contributed by atoms with Crippen LogP contribution in [0.3, 0.4) is 0 Å². The minimum atomic E-state index is 0. The smallest absolute Gasteiger partial charge is 0.0697 e. The summed E-state index contributed by atoms with van der Waals surface area (Å²) >= 11 is 0. The Kier molecular flexibility index (Phi) is 22.1. The Morgan fingerprint density at radius 3 is 2.00 bits per heavy atom. The van der Waals surface area contributed by atoms with Crippen LogP contribution in [0.2, 0.25) is 0 Å². The first-order valence-electron chi connectivity index (χ1n) is 5.96. The minimum Gasteiger partial charge on any atom is -0.394 e. The first-order chi connectivity index (χ1) is 7.41. The molecule has 101 valence electrons. The van der Waals surface area contributed by atoms with Crippen LogP contribution in [0.15, 0.2) is 0 Å². The van der Waals surface area contributed by atoms with Gasteiger partial charge in [0.05, 0.1) is 13.2 Å². The molecule has 0 spiro atoms. The average Bonchev–Trinajstić information content (AvgIpc) is 2.18. The molecule has 0 atom stereocenters. The van der Waals surface area contributed by atoms with Gasteiger partial charge in [0, 0.05) is 39.3 Å². The summed E-state index contributed by atoms with van der Waals surface area (Å²) in [6, 6.07) is 0. The summed E-state index contributed by atoms with van der Waals surface area (Å²) < 4.78 is 5.08. The Balaban J connectivity index is -0.000000244. The van der Waals surface area contributed by atoms with E-state index in [1.54, 1.807) is 0 Å². The molecule has 0 heterocycles. The molecule has 0 aliphatic heterocycles. The van der Waals surface area contributed by atoms with Crippen LogP contribution in [0, 0.1) is 18.8 Å². The molecule has 3 nitrogen and oxygen atoms in total. The van der Waals surface area contributed by atoms with Gasteiger partial charge in [0.1, 0.15) is 0 Å². The zero-order valence-corrected chi connectivity index (χ0v) is 14.6. The second-order valence-corrected chi connectivity index (χ2v) is 4.49. The van der Waals surface area contributed by atoms with Gasteiger partial charge < -0.3 is 21.6 Å². The van der Waals surface area contributed by atoms with Gasteiger partial charge in [-0.25, -0.2) is 0 Å². The number of ether oxygens (including phenoxy) is 1. The zero-order valence-electron chi connectivity index (χ0n) is 11.7. The molecular weight excluding hydrogens is 293 g/mol. The van der Waals surface area contributed by atoms with E-state index in [4.69, 9.17) is 9.84 Å². The number of carbonyl (C=O) groups excluding carboxylic acids is 1. The van der Waals surface area contributed by atoms with Gasteiger partial charge >= 0.3 is 0 Å². The summed E-state index contributed by atoms with van der Waals surface area (Å²) in [4.78, 5) is 10.0. The number of aliphatic hydroxyl groups is 1. The van der Waals surface area contributed by atoms with Gasteiger partial charge in [0.25, 0.3) is 0 Å². The Hall–Kier alpha value is 0.564. The van der Waals surface area contributed by atoms with Crippen molar-refractivity contribution in [3.05, 3.63) is 6.92 Å². The van der Waals surface area contributed by atoms with E-state index >= 15 is 0 Å². The van der Waals surface area contributed by atoms with E-state index in [0.29, 0.717) is 6.61 Å². The Morgan fingerprint density at radius 2 is 1.71 bits per heavy atom. The third-order valence-electron chi connectivity index (χ3n) is 1.95. The van der Waals surface area contributed by atoms with E-state index in [9.17, 15) is 4.79 Å². The van der Waals surface area contributed by atoms with Crippen LogP contribution < -0.4 is 0 Å². The number of carbonyl (C=O) groups is 1. The molecule has 0 rings (SSSR count). The fourth-order valence-corrected chi connectivity index (χ4v) is 0.760. The van der Waals surface area contributed by atoms with Crippen molar-refractivity contribution in [3.63, 3.8) is 0 Å². The van der Waals surface area contributed by atoms with Crippen molar-refractivity contribution < 1.29 is 47.3 Å². The van der Waals surface area contributed by atoms with Crippen LogP contribution in [0.4, 0.5) is 0 Å². The van der Waals surface area contributed by atoms with E-state index in [-0.39, 0.29) is 51.0 Å². The van der Waals surface area contributed by atoms with Crippen LogP contribution >= 0.6 is 0 Å². The van der Waals surface area contributed by atoms with Gasteiger partial charge in [-0.05, 0) is 30.5 Å². The summed E-state index contributed by atoms with van der Waals surface area (Å²) in [6.07, 6.45) is 2.32. The summed E-state index contributed by atoms with van der Waals surface area (Å²) in [6.45, 7) is 12.7. The fraction of sp³-hybridized carbons (Fsp3) is 0.846. The zero-order chi connectivity index (χ0) is 13.0. The number of rotatable bonds is 7. The van der Waals surface area contributed by atoms with Crippen molar-refractivity contribution in [1.82, 2.24) is 0 Å². The summed E-state index contributed by atoms with van der Waals surface area (Å²) in [5, 5.41) is 8.35. The summed E-state index contributed by atoms with van der Waals surface area (Å²) in [7, 11) is 0. The molecule has 0 aliphatic rings. The molecule has 0 bridgehead atoms. The van der Waals surface area contributed by atoms with Crippen molar-refractivity contribution in [3.8, 4) is 0 Å². The molecule has 1 N–H and O–H groups in total. The normalized spacial score (nSPS) is 9.59. The van der Waals surface area contributed by atoms with E-state index < -0.39 is 0 Å². The molecular formula is C13H27O3Y-. The molecule has 0 aromatic heterocycles. The molecule has 0 amide bonds. The van der Waals surface area contributed by atoms with E-state index in [1.165, 1.54) is 6.42 Å². The third kappa shape index (κ3) is 26.3. The van der Waals surface area contributed by atoms with Crippen LogP contribution in [-0.4, -0.2) is 30.7 Å². The molecule has 4 heteroatoms. The maximum absolute atomic E-state index is 10.0. The van der Waals surface area contributed by atoms with Gasteiger partial charge in [0.15, 0.2) is 0 Å². The van der Waals surface area contributed by atoms with Crippen LogP contribution in [0.25, 0.3) is 0 Å². The van der Waals surface area contributed by atoms with Gasteiger partial charge in [-0.3, -0.25) is 0 Å². The maximum atomic E-state index is 10.0. The molecule has 0 fully saturated rings. The summed E-state index contributed by atoms with van der Waals surface area (Å²) in [5.41, 5.74) is 0. The molecule has 0 unspecified atom stereocenters. The number of ketones is 1. The summed E-state index contributed by atoms with van der Waals surface area (Å²) in [5.74, 6) is 0.873. The van der Waals surface area contributed by atoms with Crippen molar-refractivity contribution in [2.24, 2.45) is 11.8 Å². The van der Waals surface area contributed by atoms with E-state index in [1.807, 2.05) is 13.8 Å². The number of hydrogen-bond donors (Lipinski definition) is 1. The first-order valence-corrected chi connectivity index (χ1v) is 5.96. The van der Waals surface area contributed by atoms with Crippen LogP contribution in [-0.2, 0) is 42.2 Å². The average molecular weight is 320 g/mol. The van der Waals surface area contributed by atoms with Crippen LogP contribution in [0.5, 0.6) is 0 Å². The third-order valence-corrected chi connectivity index (χ3v) is 1.95. The van der Waals surface area contributed by atoms with Crippen molar-refractivity contribution in [2.45, 2.75) is 40.5 Å². The Morgan fingerprint density at radius 1 is 1.24 bits per heavy atom. The molecule has 0 saturated carbocycles. The number of Topliss-reactive ketones (excluding diaryl/α,β-unsaturated/α-hetero) is 1. The van der Waals surface area contributed by atoms with Crippen molar-refractivity contribution in [1.29, 1.82) is 0 Å². The second-order valence-electron chi connectivity index (χ2n) is 4.49. The monoisotopic (exact) mass is 320 g/mol. The fourth-order valence-electron chi connectivity index (χ4n) is 0.760. The topological polar surface area (TPSA) is 46.5 Å². The molecule has 1 radical (unpaired) electrons. The van der Waals surface area contributed by atoms with Crippen molar-refractivity contribution in [2.75, 3.05) is 19.8 Å². The standard InChI is InChI=1S/C8H18O2.C5H9O.Y/c1-8(2)4-3-6-10-7-5-9;1-4(2)5(3)6;/h8-9H,3-7H2,1-2H3;4H,3H2,1-2H3;/q;-1;.